The largest absolute Gasteiger partial charge is 0.383 e. The van der Waals surface area contributed by atoms with Gasteiger partial charge in [0.15, 0.2) is 0 Å². The van der Waals surface area contributed by atoms with Gasteiger partial charge in [-0.05, 0) is 49.2 Å². The van der Waals surface area contributed by atoms with E-state index in [1.807, 2.05) is 18.7 Å². The average molecular weight is 455 g/mol. The fourth-order valence-electron chi connectivity index (χ4n) is 3.29. The Kier molecular flexibility index (Phi) is 10.9. The van der Waals surface area contributed by atoms with Crippen molar-refractivity contribution in [1.29, 1.82) is 0 Å². The van der Waals surface area contributed by atoms with Gasteiger partial charge >= 0.3 is 0 Å². The third-order valence-electron chi connectivity index (χ3n) is 4.84. The first-order valence-corrected chi connectivity index (χ1v) is 11.3. The number of methoxy groups -OCH3 is 1. The molecule has 3 amide bonds. The SMILES string of the molecule is CCCN(CCC)C(=O)c1cccc(NC(=O)CNc2cccc(C(=O)NCCOC)c2)c1. The van der Waals surface area contributed by atoms with Crippen molar-refractivity contribution in [3.8, 4) is 0 Å². The van der Waals surface area contributed by atoms with E-state index in [1.165, 1.54) is 0 Å². The highest BCUT2D eigenvalue weighted by atomic mass is 16.5. The number of hydrogen-bond acceptors (Lipinski definition) is 5. The van der Waals surface area contributed by atoms with E-state index in [9.17, 15) is 14.4 Å². The van der Waals surface area contributed by atoms with Crippen molar-refractivity contribution in [3.05, 3.63) is 59.7 Å². The molecule has 0 saturated carbocycles. The van der Waals surface area contributed by atoms with Gasteiger partial charge in [-0.15, -0.1) is 0 Å². The lowest BCUT2D eigenvalue weighted by atomic mass is 10.1. The van der Waals surface area contributed by atoms with Gasteiger partial charge in [0.25, 0.3) is 11.8 Å². The van der Waals surface area contributed by atoms with Crippen LogP contribution in [0.1, 0.15) is 47.4 Å². The highest BCUT2D eigenvalue weighted by Gasteiger charge is 2.15. The Labute approximate surface area is 195 Å². The van der Waals surface area contributed by atoms with E-state index in [4.69, 9.17) is 4.74 Å². The van der Waals surface area contributed by atoms with Crippen molar-refractivity contribution in [2.24, 2.45) is 0 Å². The molecule has 0 bridgehead atoms. The molecule has 0 aromatic heterocycles. The Bertz CT molecular complexity index is 926. The molecule has 8 heteroatoms. The Morgan fingerprint density at radius 1 is 0.909 bits per heavy atom. The average Bonchev–Trinajstić information content (AvgIpc) is 2.82. The summed E-state index contributed by atoms with van der Waals surface area (Å²) in [7, 11) is 1.57. The second-order valence-electron chi connectivity index (χ2n) is 7.60. The quantitative estimate of drug-likeness (QED) is 0.403. The minimum absolute atomic E-state index is 0.0186. The number of carbonyl (C=O) groups excluding carboxylic acids is 3. The number of rotatable bonds is 13. The summed E-state index contributed by atoms with van der Waals surface area (Å²) in [5.74, 6) is -0.496. The standard InChI is InChI=1S/C25H34N4O4/c1-4-13-29(14-5-2)25(32)20-9-7-11-22(17-20)28-23(30)18-27-21-10-6-8-19(16-21)24(31)26-12-15-33-3/h6-11,16-17,27H,4-5,12-15,18H2,1-3H3,(H,26,31)(H,28,30). The van der Waals surface area contributed by atoms with E-state index in [1.54, 1.807) is 55.6 Å². The zero-order chi connectivity index (χ0) is 24.1. The maximum atomic E-state index is 12.8. The molecule has 0 heterocycles. The zero-order valence-electron chi connectivity index (χ0n) is 19.6. The molecule has 2 aromatic carbocycles. The predicted molar refractivity (Wildman–Crippen MR) is 131 cm³/mol. The highest BCUT2D eigenvalue weighted by molar-refractivity contribution is 5.98. The number of benzene rings is 2. The number of amides is 3. The fourth-order valence-corrected chi connectivity index (χ4v) is 3.29. The van der Waals surface area contributed by atoms with Gasteiger partial charge in [-0.25, -0.2) is 0 Å². The minimum atomic E-state index is -0.256. The van der Waals surface area contributed by atoms with Crippen molar-refractivity contribution in [3.63, 3.8) is 0 Å². The van der Waals surface area contributed by atoms with Crippen LogP contribution in [0.4, 0.5) is 11.4 Å². The number of hydrogen-bond donors (Lipinski definition) is 3. The van der Waals surface area contributed by atoms with Crippen LogP contribution in [0.25, 0.3) is 0 Å². The molecule has 0 radical (unpaired) electrons. The van der Waals surface area contributed by atoms with Crippen molar-refractivity contribution in [1.82, 2.24) is 10.2 Å². The summed E-state index contributed by atoms with van der Waals surface area (Å²) in [6.07, 6.45) is 1.79. The Morgan fingerprint density at radius 3 is 2.21 bits per heavy atom. The molecule has 0 atom stereocenters. The number of nitrogens with one attached hydrogen (secondary N) is 3. The summed E-state index contributed by atoms with van der Waals surface area (Å²) in [4.78, 5) is 39.2. The molecule has 33 heavy (non-hydrogen) atoms. The number of ether oxygens (including phenoxy) is 1. The van der Waals surface area contributed by atoms with Crippen LogP contribution < -0.4 is 16.0 Å². The van der Waals surface area contributed by atoms with Crippen LogP contribution in [0.15, 0.2) is 48.5 Å². The summed E-state index contributed by atoms with van der Waals surface area (Å²) in [6, 6.07) is 13.9. The zero-order valence-corrected chi connectivity index (χ0v) is 19.6. The van der Waals surface area contributed by atoms with Crippen LogP contribution in [0.3, 0.4) is 0 Å². The third kappa shape index (κ3) is 8.57. The van der Waals surface area contributed by atoms with E-state index in [0.29, 0.717) is 48.7 Å². The molecule has 0 aliphatic heterocycles. The maximum absolute atomic E-state index is 12.8. The van der Waals surface area contributed by atoms with Crippen molar-refractivity contribution < 1.29 is 19.1 Å². The van der Waals surface area contributed by atoms with Crippen molar-refractivity contribution >= 4 is 29.1 Å². The molecule has 2 rings (SSSR count). The van der Waals surface area contributed by atoms with Crippen LogP contribution >= 0.6 is 0 Å². The lowest BCUT2D eigenvalue weighted by Gasteiger charge is -2.21. The minimum Gasteiger partial charge on any atom is -0.383 e. The summed E-state index contributed by atoms with van der Waals surface area (Å²) in [6.45, 7) is 6.38. The second-order valence-corrected chi connectivity index (χ2v) is 7.60. The molecule has 8 nitrogen and oxygen atoms in total. The second kappa shape index (κ2) is 13.9. The third-order valence-corrected chi connectivity index (χ3v) is 4.84. The van der Waals surface area contributed by atoms with Crippen molar-refractivity contribution in [2.75, 3.05) is 50.5 Å². The van der Waals surface area contributed by atoms with E-state index in [0.717, 1.165) is 12.8 Å². The smallest absolute Gasteiger partial charge is 0.253 e. The van der Waals surface area contributed by atoms with Crippen LogP contribution in [-0.2, 0) is 9.53 Å². The van der Waals surface area contributed by atoms with Crippen LogP contribution in [0, 0.1) is 0 Å². The first kappa shape index (κ1) is 25.9. The molecule has 0 saturated heterocycles. The lowest BCUT2D eigenvalue weighted by molar-refractivity contribution is -0.114. The van der Waals surface area contributed by atoms with Gasteiger partial charge in [0, 0.05) is 49.2 Å². The van der Waals surface area contributed by atoms with Crippen LogP contribution in [0.2, 0.25) is 0 Å². The van der Waals surface area contributed by atoms with Crippen LogP contribution in [0.5, 0.6) is 0 Å². The van der Waals surface area contributed by atoms with Gasteiger partial charge in [-0.2, -0.15) is 0 Å². The maximum Gasteiger partial charge on any atom is 0.253 e. The molecule has 0 aliphatic rings. The number of anilines is 2. The molecular weight excluding hydrogens is 420 g/mol. The molecular formula is C25H34N4O4. The molecule has 0 unspecified atom stereocenters. The van der Waals surface area contributed by atoms with Gasteiger partial charge in [-0.1, -0.05) is 26.0 Å². The van der Waals surface area contributed by atoms with E-state index in [2.05, 4.69) is 16.0 Å². The van der Waals surface area contributed by atoms with Gasteiger partial charge in [-0.3, -0.25) is 14.4 Å². The van der Waals surface area contributed by atoms with Gasteiger partial charge in [0.1, 0.15) is 0 Å². The lowest BCUT2D eigenvalue weighted by Crippen LogP contribution is -2.32. The fraction of sp³-hybridized carbons (Fsp3) is 0.400. The van der Waals surface area contributed by atoms with Gasteiger partial charge in [0.2, 0.25) is 5.91 Å². The molecule has 0 aliphatic carbocycles. The molecule has 0 spiro atoms. The Balaban J connectivity index is 1.94. The molecule has 178 valence electrons. The monoisotopic (exact) mass is 454 g/mol. The molecule has 2 aromatic rings. The Hall–Kier alpha value is -3.39. The summed E-state index contributed by atoms with van der Waals surface area (Å²) in [5, 5.41) is 8.60. The van der Waals surface area contributed by atoms with E-state index in [-0.39, 0.29) is 24.3 Å². The predicted octanol–water partition coefficient (Wildman–Crippen LogP) is 3.38. The summed E-state index contributed by atoms with van der Waals surface area (Å²) >= 11 is 0. The number of carbonyl (C=O) groups is 3. The summed E-state index contributed by atoms with van der Waals surface area (Å²) < 4.78 is 4.93. The number of nitrogens with zero attached hydrogens (tertiary/aromatic N) is 1. The molecule has 3 N–H and O–H groups in total. The Morgan fingerprint density at radius 2 is 1.55 bits per heavy atom. The topological polar surface area (TPSA) is 99.8 Å². The van der Waals surface area contributed by atoms with Gasteiger partial charge < -0.3 is 25.6 Å². The first-order valence-electron chi connectivity index (χ1n) is 11.3. The van der Waals surface area contributed by atoms with Crippen LogP contribution in [-0.4, -0.2) is 62.5 Å². The van der Waals surface area contributed by atoms with Gasteiger partial charge in [0.05, 0.1) is 13.2 Å². The normalized spacial score (nSPS) is 10.4. The molecule has 0 fully saturated rings. The summed E-state index contributed by atoms with van der Waals surface area (Å²) in [5.41, 5.74) is 2.26. The first-order chi connectivity index (χ1) is 16.0. The van der Waals surface area contributed by atoms with Crippen molar-refractivity contribution in [2.45, 2.75) is 26.7 Å². The highest BCUT2D eigenvalue weighted by Crippen LogP contribution is 2.14. The van der Waals surface area contributed by atoms with E-state index < -0.39 is 0 Å². The van der Waals surface area contributed by atoms with E-state index >= 15 is 0 Å².